The second-order valence-electron chi connectivity index (χ2n) is 9.09. The van der Waals surface area contributed by atoms with Gasteiger partial charge in [0.1, 0.15) is 35.8 Å². The number of carbonyl (C=O) groups excluding carboxylic acids is 2. The number of nitrogens with zero attached hydrogens (tertiary/aromatic N) is 4. The van der Waals surface area contributed by atoms with Gasteiger partial charge in [-0.1, -0.05) is 6.07 Å². The molecule has 0 amide bonds. The van der Waals surface area contributed by atoms with Crippen molar-refractivity contribution in [3.05, 3.63) is 35.4 Å². The molecule has 18 heteroatoms. The van der Waals surface area contributed by atoms with Crippen LogP contribution in [0.2, 0.25) is 5.28 Å². The van der Waals surface area contributed by atoms with Crippen LogP contribution in [-0.2, 0) is 30.2 Å². The molecular formula is C25H26ClF4N5O8. The third kappa shape index (κ3) is 7.34. The maximum atomic E-state index is 15.2. The molecule has 1 aliphatic heterocycles. The van der Waals surface area contributed by atoms with E-state index in [9.17, 15) is 27.9 Å². The fraction of sp³-hybridized carbons (Fsp3) is 0.480. The number of rotatable bonds is 11. The van der Waals surface area contributed by atoms with Crippen LogP contribution in [0.15, 0.2) is 24.5 Å². The van der Waals surface area contributed by atoms with Gasteiger partial charge in [-0.15, -0.1) is 13.2 Å². The van der Waals surface area contributed by atoms with Crippen LogP contribution < -0.4 is 15.2 Å². The number of ether oxygens (including phenoxy) is 5. The van der Waals surface area contributed by atoms with Gasteiger partial charge in [-0.2, -0.15) is 9.97 Å². The van der Waals surface area contributed by atoms with Crippen molar-refractivity contribution in [2.24, 2.45) is 5.92 Å². The van der Waals surface area contributed by atoms with Gasteiger partial charge in [-0.05, 0) is 43.5 Å². The number of alkyl halides is 4. The number of nitrogens with two attached hydrogens (primary N) is 1. The van der Waals surface area contributed by atoms with Gasteiger partial charge >= 0.3 is 18.3 Å². The van der Waals surface area contributed by atoms with Crippen molar-refractivity contribution in [1.82, 2.24) is 19.5 Å². The first-order chi connectivity index (χ1) is 20.3. The monoisotopic (exact) mass is 635 g/mol. The number of benzene rings is 1. The molecule has 0 spiro atoms. The molecule has 3 aromatic rings. The molecule has 3 heterocycles. The molecule has 1 aliphatic rings. The first kappa shape index (κ1) is 32.0. The topological polar surface area (TPSA) is 170 Å². The number of hydrogen-bond acceptors (Lipinski definition) is 12. The van der Waals surface area contributed by atoms with Crippen molar-refractivity contribution in [3.8, 4) is 11.5 Å². The minimum absolute atomic E-state index is 0.0298. The lowest BCUT2D eigenvalue weighted by Gasteiger charge is -2.20. The Kier molecular flexibility index (Phi) is 9.76. The minimum Gasteiger partial charge on any atom is -0.490 e. The number of aliphatic hydroxyl groups is 1. The number of nitrogen functional groups attached to an aromatic ring is 1. The van der Waals surface area contributed by atoms with E-state index in [1.54, 1.807) is 0 Å². The molecule has 234 valence electrons. The summed E-state index contributed by atoms with van der Waals surface area (Å²) in [4.78, 5) is 36.8. The number of hydrogen-bond donors (Lipinski definition) is 2. The molecule has 13 nitrogen and oxygen atoms in total. The number of carbonyl (C=O) groups is 2. The summed E-state index contributed by atoms with van der Waals surface area (Å²) in [5.74, 6) is -4.33. The lowest BCUT2D eigenvalue weighted by Crippen LogP contribution is -2.33. The Balaban J connectivity index is 1.59. The standard InChI is InChI=1S/C25H26ClF4N5O8/c1-3-39-22(37)13(23(38)40-4-2)7-11-5-6-12(43-25(28,29)30)8-14(11)41-9-15-18(36)16(27)21(42-15)35-10-32-17-19(31)33-24(26)34-20(17)35/h5-6,8,10,13,15-16,18,21,36H,3-4,7,9H2,1-2H3,(H2,31,33,34)/t15-,16+,18-,21-/m1/s1. The fourth-order valence-electron chi connectivity index (χ4n) is 4.34. The second kappa shape index (κ2) is 13.1. The lowest BCUT2D eigenvalue weighted by molar-refractivity contribution is -0.274. The number of halogens is 5. The van der Waals surface area contributed by atoms with Crippen molar-refractivity contribution >= 4 is 40.5 Å². The Bertz CT molecular complexity index is 1460. The smallest absolute Gasteiger partial charge is 0.490 e. The molecule has 0 aliphatic carbocycles. The lowest BCUT2D eigenvalue weighted by atomic mass is 9.98. The largest absolute Gasteiger partial charge is 0.573 e. The van der Waals surface area contributed by atoms with Gasteiger partial charge in [0.05, 0.1) is 19.5 Å². The highest BCUT2D eigenvalue weighted by atomic mass is 35.5. The molecular weight excluding hydrogens is 610 g/mol. The minimum atomic E-state index is -5.04. The van der Waals surface area contributed by atoms with Crippen molar-refractivity contribution < 1.29 is 55.9 Å². The van der Waals surface area contributed by atoms with E-state index < -0.39 is 61.2 Å². The van der Waals surface area contributed by atoms with Crippen LogP contribution >= 0.6 is 11.6 Å². The molecule has 1 saturated heterocycles. The molecule has 3 N–H and O–H groups in total. The van der Waals surface area contributed by atoms with Gasteiger partial charge in [-0.25, -0.2) is 9.37 Å². The molecule has 1 fully saturated rings. The van der Waals surface area contributed by atoms with Crippen LogP contribution in [0.3, 0.4) is 0 Å². The zero-order valence-electron chi connectivity index (χ0n) is 22.6. The first-order valence-corrected chi connectivity index (χ1v) is 13.2. The number of imidazole rings is 1. The maximum Gasteiger partial charge on any atom is 0.573 e. The fourth-order valence-corrected chi connectivity index (χ4v) is 4.51. The van der Waals surface area contributed by atoms with Gasteiger partial charge < -0.3 is 34.5 Å². The molecule has 1 aromatic carbocycles. The van der Waals surface area contributed by atoms with Crippen molar-refractivity contribution in [1.29, 1.82) is 0 Å². The summed E-state index contributed by atoms with van der Waals surface area (Å²) in [6, 6.07) is 2.98. The summed E-state index contributed by atoms with van der Waals surface area (Å²) in [6.07, 6.45) is -10.9. The van der Waals surface area contributed by atoms with Crippen molar-refractivity contribution in [3.63, 3.8) is 0 Å². The normalized spacial score (nSPS) is 20.4. The van der Waals surface area contributed by atoms with E-state index in [-0.39, 0.29) is 53.2 Å². The van der Waals surface area contributed by atoms with E-state index >= 15 is 4.39 Å². The summed E-state index contributed by atoms with van der Waals surface area (Å²) in [6.45, 7) is 2.39. The number of fused-ring (bicyclic) bond motifs is 1. The molecule has 4 rings (SSSR count). The van der Waals surface area contributed by atoms with Crippen molar-refractivity contribution in [2.45, 2.75) is 51.2 Å². The summed E-state index contributed by atoms with van der Waals surface area (Å²) in [5, 5.41) is 10.3. The average Bonchev–Trinajstić information content (AvgIpc) is 3.46. The van der Waals surface area contributed by atoms with Crippen molar-refractivity contribution in [2.75, 3.05) is 25.6 Å². The quantitative estimate of drug-likeness (QED) is 0.137. The third-order valence-corrected chi connectivity index (χ3v) is 6.40. The predicted molar refractivity (Wildman–Crippen MR) is 139 cm³/mol. The van der Waals surface area contributed by atoms with E-state index in [1.807, 2.05) is 0 Å². The first-order valence-electron chi connectivity index (χ1n) is 12.8. The number of aromatic nitrogens is 4. The maximum absolute atomic E-state index is 15.2. The Morgan fingerprint density at radius 1 is 1.19 bits per heavy atom. The van der Waals surface area contributed by atoms with E-state index in [4.69, 9.17) is 36.3 Å². The van der Waals surface area contributed by atoms with Gasteiger partial charge in [0, 0.05) is 6.07 Å². The highest BCUT2D eigenvalue weighted by Crippen LogP contribution is 2.36. The van der Waals surface area contributed by atoms with Crippen LogP contribution in [0.1, 0.15) is 25.6 Å². The number of anilines is 1. The highest BCUT2D eigenvalue weighted by molar-refractivity contribution is 6.28. The Hall–Kier alpha value is -3.96. The number of aliphatic hydroxyl groups excluding tert-OH is 1. The van der Waals surface area contributed by atoms with Gasteiger partial charge in [0.2, 0.25) is 5.28 Å². The zero-order valence-corrected chi connectivity index (χ0v) is 23.3. The molecule has 4 atom stereocenters. The Morgan fingerprint density at radius 2 is 1.86 bits per heavy atom. The van der Waals surface area contributed by atoms with Gasteiger partial charge in [0.15, 0.2) is 29.8 Å². The molecule has 0 unspecified atom stereocenters. The average molecular weight is 636 g/mol. The van der Waals surface area contributed by atoms with Gasteiger partial charge in [-0.3, -0.25) is 14.2 Å². The molecule has 0 radical (unpaired) electrons. The Labute approximate surface area is 245 Å². The van der Waals surface area contributed by atoms with Crippen LogP contribution in [0.5, 0.6) is 11.5 Å². The van der Waals surface area contributed by atoms with Crippen LogP contribution in [-0.4, -0.2) is 81.1 Å². The zero-order chi connectivity index (χ0) is 31.5. The predicted octanol–water partition coefficient (Wildman–Crippen LogP) is 2.92. The van der Waals surface area contributed by atoms with Crippen LogP contribution in [0.4, 0.5) is 23.4 Å². The van der Waals surface area contributed by atoms with E-state index in [1.165, 1.54) is 20.2 Å². The Morgan fingerprint density at radius 3 is 2.49 bits per heavy atom. The van der Waals surface area contributed by atoms with E-state index in [2.05, 4.69) is 19.7 Å². The van der Waals surface area contributed by atoms with Crippen LogP contribution in [0.25, 0.3) is 11.2 Å². The summed E-state index contributed by atoms with van der Waals surface area (Å²) >= 11 is 5.86. The summed E-state index contributed by atoms with van der Waals surface area (Å²) in [7, 11) is 0. The molecule has 43 heavy (non-hydrogen) atoms. The molecule has 0 saturated carbocycles. The SMILES string of the molecule is CCOC(=O)C(Cc1ccc(OC(F)(F)F)cc1OC[C@H]1O[C@@H](n2cnc3c(N)nc(Cl)nc32)[C@@H](F)[C@@H]1O)C(=O)OCC. The third-order valence-electron chi connectivity index (χ3n) is 6.23. The summed E-state index contributed by atoms with van der Waals surface area (Å²) < 4.78 is 80.4. The highest BCUT2D eigenvalue weighted by Gasteiger charge is 2.46. The van der Waals surface area contributed by atoms with Crippen LogP contribution in [0, 0.1) is 5.92 Å². The van der Waals surface area contributed by atoms with Gasteiger partial charge in [0.25, 0.3) is 0 Å². The van der Waals surface area contributed by atoms with E-state index in [0.29, 0.717) is 0 Å². The second-order valence-corrected chi connectivity index (χ2v) is 9.43. The molecule has 0 bridgehead atoms. The summed E-state index contributed by atoms with van der Waals surface area (Å²) in [5.41, 5.74) is 6.01. The number of esters is 2. The van der Waals surface area contributed by atoms with E-state index in [0.717, 1.165) is 22.8 Å². The molecule has 2 aromatic heterocycles.